The molecule has 5 rings (SSSR count). The van der Waals surface area contributed by atoms with E-state index < -0.39 is 6.10 Å². The third-order valence-corrected chi connectivity index (χ3v) is 6.66. The SMILES string of the molecule is CCn1c(SCC(O)c2ccccc2)nnc1-c1cc(-c2ccccc2)nc2ccccc12. The van der Waals surface area contributed by atoms with Crippen LogP contribution in [0, 0.1) is 0 Å². The zero-order valence-electron chi connectivity index (χ0n) is 18.3. The van der Waals surface area contributed by atoms with E-state index in [1.165, 1.54) is 11.8 Å². The summed E-state index contributed by atoms with van der Waals surface area (Å²) in [5.74, 6) is 1.32. The lowest BCUT2D eigenvalue weighted by Gasteiger charge is -2.13. The van der Waals surface area contributed by atoms with Gasteiger partial charge < -0.3 is 9.67 Å². The van der Waals surface area contributed by atoms with Gasteiger partial charge in [0.15, 0.2) is 11.0 Å². The summed E-state index contributed by atoms with van der Waals surface area (Å²) in [4.78, 5) is 4.89. The lowest BCUT2D eigenvalue weighted by atomic mass is 10.0. The molecule has 0 aliphatic rings. The van der Waals surface area contributed by atoms with Crippen molar-refractivity contribution in [1.82, 2.24) is 19.7 Å². The Labute approximate surface area is 197 Å². The van der Waals surface area contributed by atoms with Crippen LogP contribution in [0.2, 0.25) is 0 Å². The quantitative estimate of drug-likeness (QED) is 0.307. The van der Waals surface area contributed by atoms with Crippen molar-refractivity contribution in [3.63, 3.8) is 0 Å². The molecule has 5 nitrogen and oxygen atoms in total. The molecule has 33 heavy (non-hydrogen) atoms. The standard InChI is InChI=1S/C27H24N4OS/c1-2-31-26(29-30-27(31)33-18-25(32)20-13-7-4-8-14-20)22-17-24(19-11-5-3-6-12-19)28-23-16-10-9-15-21(22)23/h3-17,25,32H,2,18H2,1H3. The van der Waals surface area contributed by atoms with Gasteiger partial charge in [-0.3, -0.25) is 0 Å². The van der Waals surface area contributed by atoms with Gasteiger partial charge in [0.2, 0.25) is 0 Å². The average Bonchev–Trinajstić information content (AvgIpc) is 3.30. The van der Waals surface area contributed by atoms with Crippen LogP contribution in [0.25, 0.3) is 33.5 Å². The summed E-state index contributed by atoms with van der Waals surface area (Å²) in [6, 6.07) is 30.1. The van der Waals surface area contributed by atoms with Gasteiger partial charge in [-0.15, -0.1) is 10.2 Å². The van der Waals surface area contributed by atoms with Crippen LogP contribution in [0.1, 0.15) is 18.6 Å². The molecule has 0 saturated carbocycles. The van der Waals surface area contributed by atoms with Gasteiger partial charge in [-0.2, -0.15) is 0 Å². The van der Waals surface area contributed by atoms with Crippen molar-refractivity contribution in [3.8, 4) is 22.6 Å². The van der Waals surface area contributed by atoms with E-state index in [2.05, 4.69) is 46.0 Å². The average molecular weight is 453 g/mol. The molecule has 164 valence electrons. The number of rotatable bonds is 7. The first-order valence-electron chi connectivity index (χ1n) is 11.0. The maximum Gasteiger partial charge on any atom is 0.191 e. The highest BCUT2D eigenvalue weighted by Gasteiger charge is 2.18. The van der Waals surface area contributed by atoms with Crippen molar-refractivity contribution in [2.75, 3.05) is 5.75 Å². The van der Waals surface area contributed by atoms with Gasteiger partial charge >= 0.3 is 0 Å². The van der Waals surface area contributed by atoms with Gasteiger partial charge in [0.05, 0.1) is 17.3 Å². The van der Waals surface area contributed by atoms with E-state index in [-0.39, 0.29) is 0 Å². The smallest absolute Gasteiger partial charge is 0.191 e. The topological polar surface area (TPSA) is 63.8 Å². The third-order valence-electron chi connectivity index (χ3n) is 5.61. The highest BCUT2D eigenvalue weighted by molar-refractivity contribution is 7.99. The van der Waals surface area contributed by atoms with Crippen molar-refractivity contribution in [2.24, 2.45) is 0 Å². The molecule has 5 aromatic rings. The van der Waals surface area contributed by atoms with E-state index in [1.807, 2.05) is 66.7 Å². The van der Waals surface area contributed by atoms with Gasteiger partial charge in [0, 0.05) is 28.8 Å². The van der Waals surface area contributed by atoms with Gasteiger partial charge in [-0.25, -0.2) is 4.98 Å². The van der Waals surface area contributed by atoms with Gasteiger partial charge in [0.1, 0.15) is 0 Å². The zero-order chi connectivity index (χ0) is 22.6. The van der Waals surface area contributed by atoms with Crippen LogP contribution in [0.3, 0.4) is 0 Å². The molecule has 3 aromatic carbocycles. The number of nitrogens with zero attached hydrogens (tertiary/aromatic N) is 4. The Bertz CT molecular complexity index is 1370. The number of para-hydroxylation sites is 1. The van der Waals surface area contributed by atoms with Crippen LogP contribution in [-0.2, 0) is 6.54 Å². The van der Waals surface area contributed by atoms with Crippen molar-refractivity contribution in [1.29, 1.82) is 0 Å². The Kier molecular flexibility index (Phi) is 6.19. The zero-order valence-corrected chi connectivity index (χ0v) is 19.1. The van der Waals surface area contributed by atoms with Crippen molar-refractivity contribution < 1.29 is 5.11 Å². The van der Waals surface area contributed by atoms with Crippen LogP contribution in [-0.4, -0.2) is 30.6 Å². The predicted molar refractivity (Wildman–Crippen MR) is 134 cm³/mol. The second-order valence-electron chi connectivity index (χ2n) is 7.73. The fourth-order valence-electron chi connectivity index (χ4n) is 3.92. The van der Waals surface area contributed by atoms with Gasteiger partial charge in [0.25, 0.3) is 0 Å². The number of fused-ring (bicyclic) bond motifs is 1. The minimum atomic E-state index is -0.562. The van der Waals surface area contributed by atoms with E-state index in [9.17, 15) is 5.11 Å². The third kappa shape index (κ3) is 4.40. The van der Waals surface area contributed by atoms with Crippen molar-refractivity contribution in [2.45, 2.75) is 24.7 Å². The molecule has 1 N–H and O–H groups in total. The second-order valence-corrected chi connectivity index (χ2v) is 8.71. The van der Waals surface area contributed by atoms with E-state index in [0.29, 0.717) is 5.75 Å². The molecular weight excluding hydrogens is 428 g/mol. The molecule has 0 bridgehead atoms. The summed E-state index contributed by atoms with van der Waals surface area (Å²) < 4.78 is 2.11. The molecule has 0 saturated heterocycles. The molecular formula is C27H24N4OS. The largest absolute Gasteiger partial charge is 0.388 e. The summed E-state index contributed by atoms with van der Waals surface area (Å²) in [6.45, 7) is 2.81. The highest BCUT2D eigenvalue weighted by Crippen LogP contribution is 2.33. The molecule has 1 unspecified atom stereocenters. The number of thioether (sulfide) groups is 1. The fraction of sp³-hybridized carbons (Fsp3) is 0.148. The van der Waals surface area contributed by atoms with Crippen molar-refractivity contribution >= 4 is 22.7 Å². The maximum absolute atomic E-state index is 10.6. The Balaban J connectivity index is 1.53. The van der Waals surface area contributed by atoms with Crippen LogP contribution in [0.15, 0.2) is 96.2 Å². The summed E-state index contributed by atoms with van der Waals surface area (Å²) in [5.41, 5.74) is 4.80. The first kappa shape index (κ1) is 21.4. The van der Waals surface area contributed by atoms with E-state index in [4.69, 9.17) is 4.98 Å². The van der Waals surface area contributed by atoms with E-state index in [0.717, 1.165) is 50.8 Å². The van der Waals surface area contributed by atoms with Gasteiger partial charge in [-0.05, 0) is 24.6 Å². The molecule has 0 amide bonds. The predicted octanol–water partition coefficient (Wildman–Crippen LogP) is 6.01. The lowest BCUT2D eigenvalue weighted by molar-refractivity contribution is 0.204. The molecule has 0 aliphatic heterocycles. The van der Waals surface area contributed by atoms with Crippen LogP contribution >= 0.6 is 11.8 Å². The number of aliphatic hydroxyl groups excluding tert-OH is 1. The monoisotopic (exact) mass is 452 g/mol. The lowest BCUT2D eigenvalue weighted by Crippen LogP contribution is -2.04. The summed E-state index contributed by atoms with van der Waals surface area (Å²) in [6.07, 6.45) is -0.562. The van der Waals surface area contributed by atoms with Crippen LogP contribution in [0.4, 0.5) is 0 Å². The number of hydrogen-bond donors (Lipinski definition) is 1. The first-order chi connectivity index (χ1) is 16.2. The van der Waals surface area contributed by atoms with Gasteiger partial charge in [-0.1, -0.05) is 90.6 Å². The maximum atomic E-state index is 10.6. The molecule has 1 atom stereocenters. The molecule has 0 aliphatic carbocycles. The van der Waals surface area contributed by atoms with E-state index in [1.54, 1.807) is 0 Å². The minimum Gasteiger partial charge on any atom is -0.388 e. The first-order valence-corrected chi connectivity index (χ1v) is 12.0. The molecule has 0 spiro atoms. The number of aromatic nitrogens is 4. The Morgan fingerprint density at radius 3 is 2.33 bits per heavy atom. The summed E-state index contributed by atoms with van der Waals surface area (Å²) in [5, 5.41) is 21.5. The number of aliphatic hydroxyl groups is 1. The molecule has 2 aromatic heterocycles. The summed E-state index contributed by atoms with van der Waals surface area (Å²) in [7, 11) is 0. The second kappa shape index (κ2) is 9.57. The number of benzene rings is 3. The molecule has 6 heteroatoms. The van der Waals surface area contributed by atoms with Crippen LogP contribution < -0.4 is 0 Å². The number of pyridine rings is 1. The fourth-order valence-corrected chi connectivity index (χ4v) is 4.89. The Morgan fingerprint density at radius 1 is 0.879 bits per heavy atom. The minimum absolute atomic E-state index is 0.508. The molecule has 0 fully saturated rings. The summed E-state index contributed by atoms with van der Waals surface area (Å²) >= 11 is 1.52. The molecule has 2 heterocycles. The van der Waals surface area contributed by atoms with Crippen molar-refractivity contribution in [3.05, 3.63) is 96.6 Å². The Hall–Kier alpha value is -3.48. The Morgan fingerprint density at radius 2 is 1.58 bits per heavy atom. The normalized spacial score (nSPS) is 12.2. The van der Waals surface area contributed by atoms with Crippen LogP contribution in [0.5, 0.6) is 0 Å². The number of hydrogen-bond acceptors (Lipinski definition) is 5. The van der Waals surface area contributed by atoms with E-state index >= 15 is 0 Å². The highest BCUT2D eigenvalue weighted by atomic mass is 32.2. The molecule has 0 radical (unpaired) electrons.